The molecule has 11 heteroatoms. The average Bonchev–Trinajstić information content (AvgIpc) is 2.80. The van der Waals surface area contributed by atoms with E-state index in [9.17, 15) is 19.1 Å². The summed E-state index contributed by atoms with van der Waals surface area (Å²) in [6.45, 7) is 7.28. The van der Waals surface area contributed by atoms with Crippen LogP contribution in [-0.4, -0.2) is 94.0 Å². The van der Waals surface area contributed by atoms with Crippen LogP contribution in [0, 0.1) is 5.82 Å². The van der Waals surface area contributed by atoms with E-state index in [1.165, 1.54) is 18.2 Å². The molecular weight excluding hydrogens is 465 g/mol. The fraction of sp³-hybridized carbons (Fsp3) is 0.565. The third-order valence-corrected chi connectivity index (χ3v) is 6.28. The number of ether oxygens (including phenoxy) is 1. The second-order valence-corrected chi connectivity index (χ2v) is 9.55. The van der Waals surface area contributed by atoms with Crippen molar-refractivity contribution in [3.8, 4) is 5.88 Å². The van der Waals surface area contributed by atoms with Gasteiger partial charge in [0.15, 0.2) is 0 Å². The van der Waals surface area contributed by atoms with Crippen LogP contribution < -0.4 is 9.84 Å². The van der Waals surface area contributed by atoms with E-state index >= 15 is 0 Å². The third-order valence-electron chi connectivity index (χ3n) is 6.05. The summed E-state index contributed by atoms with van der Waals surface area (Å²) in [5, 5.41) is 11.8. The van der Waals surface area contributed by atoms with Gasteiger partial charge in [-0.05, 0) is 33.3 Å². The molecule has 3 rings (SSSR count). The zero-order valence-electron chi connectivity index (χ0n) is 19.9. The van der Waals surface area contributed by atoms with E-state index in [4.69, 9.17) is 16.3 Å². The summed E-state index contributed by atoms with van der Waals surface area (Å²) < 4.78 is 19.9. The largest absolute Gasteiger partial charge is 0.530 e. The smallest absolute Gasteiger partial charge is 0.237 e. The first-order valence-corrected chi connectivity index (χ1v) is 11.6. The topological polar surface area (TPSA) is 102 Å². The molecule has 0 spiro atoms. The number of nitrogens with zero attached hydrogens (tertiary/aromatic N) is 5. The SMILES string of the molecule is COc1ccc2ncc(F)c(CCN3CCN(C(=O)CCl)C(CN(C(=O)[O-])C(C)(C)C)C3)c2n1. The minimum atomic E-state index is -1.30. The number of amides is 2. The van der Waals surface area contributed by atoms with Gasteiger partial charge in [-0.3, -0.25) is 14.7 Å². The zero-order valence-corrected chi connectivity index (χ0v) is 20.6. The van der Waals surface area contributed by atoms with Crippen molar-refractivity contribution < 1.29 is 23.8 Å². The number of carbonyl (C=O) groups excluding carboxylic acids is 2. The van der Waals surface area contributed by atoms with E-state index in [0.29, 0.717) is 55.1 Å². The minimum absolute atomic E-state index is 0.0935. The van der Waals surface area contributed by atoms with Crippen LogP contribution >= 0.6 is 11.6 Å². The van der Waals surface area contributed by atoms with Crippen molar-refractivity contribution in [2.24, 2.45) is 0 Å². The molecule has 0 aromatic carbocycles. The molecule has 0 N–H and O–H groups in total. The molecule has 0 bridgehead atoms. The summed E-state index contributed by atoms with van der Waals surface area (Å²) in [6.07, 6.45) is 0.255. The summed E-state index contributed by atoms with van der Waals surface area (Å²) in [5.41, 5.74) is 0.761. The van der Waals surface area contributed by atoms with E-state index in [1.807, 2.05) is 0 Å². The summed E-state index contributed by atoms with van der Waals surface area (Å²) in [6, 6.07) is 3.00. The Morgan fingerprint density at radius 2 is 2.06 bits per heavy atom. The first kappa shape index (κ1) is 25.9. The van der Waals surface area contributed by atoms with Gasteiger partial charge in [0.1, 0.15) is 17.8 Å². The Balaban J connectivity index is 1.79. The maximum Gasteiger partial charge on any atom is 0.237 e. The van der Waals surface area contributed by atoms with E-state index in [1.54, 1.807) is 37.8 Å². The highest BCUT2D eigenvalue weighted by atomic mass is 35.5. The number of halogens is 2. The van der Waals surface area contributed by atoms with Crippen molar-refractivity contribution in [1.29, 1.82) is 0 Å². The molecule has 34 heavy (non-hydrogen) atoms. The number of fused-ring (bicyclic) bond motifs is 1. The zero-order chi connectivity index (χ0) is 25.0. The van der Waals surface area contributed by atoms with Gasteiger partial charge in [-0.1, -0.05) is 0 Å². The van der Waals surface area contributed by atoms with Gasteiger partial charge < -0.3 is 24.4 Å². The van der Waals surface area contributed by atoms with Gasteiger partial charge >= 0.3 is 0 Å². The highest BCUT2D eigenvalue weighted by Crippen LogP contribution is 2.23. The van der Waals surface area contributed by atoms with Crippen LogP contribution in [-0.2, 0) is 11.2 Å². The van der Waals surface area contributed by atoms with Crippen LogP contribution in [0.15, 0.2) is 18.3 Å². The third kappa shape index (κ3) is 5.85. The first-order valence-electron chi connectivity index (χ1n) is 11.1. The predicted molar refractivity (Wildman–Crippen MR) is 124 cm³/mol. The second kappa shape index (κ2) is 10.7. The van der Waals surface area contributed by atoms with Gasteiger partial charge in [0.2, 0.25) is 11.8 Å². The number of alkyl halides is 1. The lowest BCUT2D eigenvalue weighted by Crippen LogP contribution is -2.63. The van der Waals surface area contributed by atoms with Crippen LogP contribution in [0.5, 0.6) is 5.88 Å². The Morgan fingerprint density at radius 3 is 2.68 bits per heavy atom. The molecule has 0 radical (unpaired) electrons. The molecule has 3 heterocycles. The lowest BCUT2D eigenvalue weighted by molar-refractivity contribution is -0.271. The van der Waals surface area contributed by atoms with Crippen LogP contribution in [0.4, 0.5) is 9.18 Å². The van der Waals surface area contributed by atoms with Crippen molar-refractivity contribution in [3.05, 3.63) is 29.7 Å². The Kier molecular flexibility index (Phi) is 8.14. The fourth-order valence-corrected chi connectivity index (χ4v) is 4.37. The monoisotopic (exact) mass is 494 g/mol. The molecule has 186 valence electrons. The molecule has 1 aliphatic heterocycles. The Bertz CT molecular complexity index is 1050. The molecule has 1 saturated heterocycles. The van der Waals surface area contributed by atoms with Crippen LogP contribution in [0.3, 0.4) is 0 Å². The number of carboxylic acid groups (broad SMARTS) is 1. The molecule has 1 fully saturated rings. The number of carbonyl (C=O) groups is 2. The van der Waals surface area contributed by atoms with E-state index in [2.05, 4.69) is 14.9 Å². The standard InChI is InChI=1S/C23H31ClFN5O4/c1-23(2,3)30(22(32)33)14-15-13-28(9-10-29(15)20(31)11-24)8-7-16-17(25)12-26-18-5-6-19(34-4)27-21(16)18/h5-6,12,15H,7-11,13-14H2,1-4H3,(H,32,33)/p-1. The summed E-state index contributed by atoms with van der Waals surface area (Å²) >= 11 is 5.80. The molecule has 2 amide bonds. The predicted octanol–water partition coefficient (Wildman–Crippen LogP) is 1.52. The quantitative estimate of drug-likeness (QED) is 0.538. The Hall–Kier alpha value is -2.72. The molecule has 1 aliphatic rings. The van der Waals surface area contributed by atoms with Crippen molar-refractivity contribution in [3.63, 3.8) is 0 Å². The number of piperazine rings is 1. The molecule has 1 atom stereocenters. The number of aromatic nitrogens is 2. The van der Waals surface area contributed by atoms with Gasteiger partial charge in [0.25, 0.3) is 0 Å². The summed E-state index contributed by atoms with van der Waals surface area (Å²) in [4.78, 5) is 37.6. The number of methoxy groups -OCH3 is 1. The van der Waals surface area contributed by atoms with Crippen molar-refractivity contribution in [1.82, 2.24) is 24.7 Å². The summed E-state index contributed by atoms with van der Waals surface area (Å²) in [7, 11) is 1.50. The number of hydrogen-bond donors (Lipinski definition) is 0. The lowest BCUT2D eigenvalue weighted by Gasteiger charge is -2.46. The highest BCUT2D eigenvalue weighted by molar-refractivity contribution is 6.27. The van der Waals surface area contributed by atoms with Gasteiger partial charge in [-0.15, -0.1) is 11.6 Å². The number of pyridine rings is 2. The number of rotatable bonds is 7. The molecule has 2 aromatic rings. The second-order valence-electron chi connectivity index (χ2n) is 9.28. The van der Waals surface area contributed by atoms with E-state index in [0.717, 1.165) is 0 Å². The summed E-state index contributed by atoms with van der Waals surface area (Å²) in [5.74, 6) is -0.504. The van der Waals surface area contributed by atoms with Gasteiger partial charge in [-0.2, -0.15) is 0 Å². The molecule has 0 aliphatic carbocycles. The number of hydrogen-bond acceptors (Lipinski definition) is 7. The molecule has 9 nitrogen and oxygen atoms in total. The van der Waals surface area contributed by atoms with Crippen molar-refractivity contribution in [2.75, 3.05) is 45.7 Å². The van der Waals surface area contributed by atoms with Crippen LogP contribution in [0.2, 0.25) is 0 Å². The van der Waals surface area contributed by atoms with E-state index < -0.39 is 23.5 Å². The van der Waals surface area contributed by atoms with Crippen LogP contribution in [0.1, 0.15) is 26.3 Å². The van der Waals surface area contributed by atoms with Crippen molar-refractivity contribution in [2.45, 2.75) is 38.8 Å². The Morgan fingerprint density at radius 1 is 1.32 bits per heavy atom. The van der Waals surface area contributed by atoms with Gasteiger partial charge in [0.05, 0.1) is 30.4 Å². The molecule has 0 saturated carbocycles. The molecular formula is C23H30ClFN5O4-. The molecule has 1 unspecified atom stereocenters. The Labute approximate surface area is 203 Å². The minimum Gasteiger partial charge on any atom is -0.530 e. The fourth-order valence-electron chi connectivity index (χ4n) is 4.22. The molecule has 2 aromatic heterocycles. The van der Waals surface area contributed by atoms with Crippen molar-refractivity contribution >= 4 is 34.6 Å². The average molecular weight is 495 g/mol. The van der Waals surface area contributed by atoms with Gasteiger partial charge in [0, 0.05) is 49.9 Å². The maximum absolute atomic E-state index is 14.7. The van der Waals surface area contributed by atoms with E-state index in [-0.39, 0.29) is 18.3 Å². The normalized spacial score (nSPS) is 17.1. The highest BCUT2D eigenvalue weighted by Gasteiger charge is 2.34. The maximum atomic E-state index is 14.7. The van der Waals surface area contributed by atoms with Gasteiger partial charge in [-0.25, -0.2) is 9.37 Å². The first-order chi connectivity index (χ1) is 16.0. The van der Waals surface area contributed by atoms with Crippen LogP contribution in [0.25, 0.3) is 11.0 Å². The lowest BCUT2D eigenvalue weighted by atomic mass is 10.0.